The maximum absolute atomic E-state index is 12.9. The highest BCUT2D eigenvalue weighted by Gasteiger charge is 2.21. The number of hydrogen-bond acceptors (Lipinski definition) is 3. The van der Waals surface area contributed by atoms with Crippen molar-refractivity contribution in [2.75, 3.05) is 6.61 Å². The van der Waals surface area contributed by atoms with Gasteiger partial charge in [0.05, 0.1) is 0 Å². The van der Waals surface area contributed by atoms with E-state index < -0.39 is 0 Å². The van der Waals surface area contributed by atoms with Crippen LogP contribution in [-0.2, 0) is 6.42 Å². The molecule has 1 aromatic heterocycles. The standard InChI is InChI=1S/C15H14FNO2/c1-10-9-18-15-14(19-10)12(6-7-17-15)8-11-2-4-13(16)5-3-11/h2-7,10H,8-9H2,1H3. The first kappa shape index (κ1) is 12.0. The number of ether oxygens (including phenoxy) is 2. The Morgan fingerprint density at radius 1 is 1.26 bits per heavy atom. The van der Waals surface area contributed by atoms with Crippen LogP contribution in [0, 0.1) is 5.82 Å². The van der Waals surface area contributed by atoms with Gasteiger partial charge in [-0.3, -0.25) is 0 Å². The number of hydrogen-bond donors (Lipinski definition) is 0. The van der Waals surface area contributed by atoms with E-state index in [1.807, 2.05) is 13.0 Å². The van der Waals surface area contributed by atoms with Gasteiger partial charge >= 0.3 is 0 Å². The lowest BCUT2D eigenvalue weighted by Gasteiger charge is -2.24. The van der Waals surface area contributed by atoms with E-state index in [-0.39, 0.29) is 11.9 Å². The van der Waals surface area contributed by atoms with E-state index in [1.54, 1.807) is 18.3 Å². The Hall–Kier alpha value is -2.10. The molecular weight excluding hydrogens is 245 g/mol. The van der Waals surface area contributed by atoms with Gasteiger partial charge in [0, 0.05) is 18.2 Å². The normalized spacial score (nSPS) is 17.3. The number of aromatic nitrogens is 1. The average Bonchev–Trinajstić information content (AvgIpc) is 2.42. The maximum Gasteiger partial charge on any atom is 0.257 e. The molecule has 0 N–H and O–H groups in total. The van der Waals surface area contributed by atoms with Gasteiger partial charge in [-0.25, -0.2) is 9.37 Å². The zero-order valence-corrected chi connectivity index (χ0v) is 10.6. The first-order valence-corrected chi connectivity index (χ1v) is 6.24. The Labute approximate surface area is 111 Å². The first-order chi connectivity index (χ1) is 9.22. The van der Waals surface area contributed by atoms with Gasteiger partial charge in [0.25, 0.3) is 5.88 Å². The summed E-state index contributed by atoms with van der Waals surface area (Å²) < 4.78 is 24.2. The fraction of sp³-hybridized carbons (Fsp3) is 0.267. The van der Waals surface area contributed by atoms with Crippen molar-refractivity contribution in [2.45, 2.75) is 19.4 Å². The SMILES string of the molecule is CC1COc2nccc(Cc3ccc(F)cc3)c2O1. The van der Waals surface area contributed by atoms with Crippen molar-refractivity contribution >= 4 is 0 Å². The fourth-order valence-corrected chi connectivity index (χ4v) is 2.09. The predicted molar refractivity (Wildman–Crippen MR) is 69.0 cm³/mol. The molecule has 2 heterocycles. The summed E-state index contributed by atoms with van der Waals surface area (Å²) in [6.45, 7) is 2.47. The van der Waals surface area contributed by atoms with Crippen molar-refractivity contribution < 1.29 is 13.9 Å². The molecule has 1 unspecified atom stereocenters. The molecule has 3 rings (SSSR count). The predicted octanol–water partition coefficient (Wildman–Crippen LogP) is 2.97. The molecule has 0 radical (unpaired) electrons. The van der Waals surface area contributed by atoms with Crippen molar-refractivity contribution in [3.8, 4) is 11.6 Å². The summed E-state index contributed by atoms with van der Waals surface area (Å²) >= 11 is 0. The van der Waals surface area contributed by atoms with Gasteiger partial charge in [0.1, 0.15) is 18.5 Å². The lowest BCUT2D eigenvalue weighted by Crippen LogP contribution is -2.27. The van der Waals surface area contributed by atoms with Gasteiger partial charge in [-0.05, 0) is 30.7 Å². The van der Waals surface area contributed by atoms with Crippen molar-refractivity contribution in [1.29, 1.82) is 0 Å². The number of benzene rings is 1. The van der Waals surface area contributed by atoms with E-state index in [2.05, 4.69) is 4.98 Å². The van der Waals surface area contributed by atoms with Crippen LogP contribution in [0.5, 0.6) is 11.6 Å². The number of pyridine rings is 1. The molecule has 1 atom stereocenters. The third-order valence-electron chi connectivity index (χ3n) is 3.04. The topological polar surface area (TPSA) is 31.4 Å². The van der Waals surface area contributed by atoms with Crippen molar-refractivity contribution in [2.24, 2.45) is 0 Å². The van der Waals surface area contributed by atoms with Crippen LogP contribution in [0.1, 0.15) is 18.1 Å². The fourth-order valence-electron chi connectivity index (χ4n) is 2.09. The zero-order chi connectivity index (χ0) is 13.2. The van der Waals surface area contributed by atoms with Gasteiger partial charge in [-0.1, -0.05) is 12.1 Å². The number of rotatable bonds is 2. The van der Waals surface area contributed by atoms with Gasteiger partial charge in [-0.2, -0.15) is 0 Å². The highest BCUT2D eigenvalue weighted by molar-refractivity contribution is 5.45. The van der Waals surface area contributed by atoms with Crippen LogP contribution in [-0.4, -0.2) is 17.7 Å². The molecule has 3 nitrogen and oxygen atoms in total. The highest BCUT2D eigenvalue weighted by Crippen LogP contribution is 2.34. The van der Waals surface area contributed by atoms with Crippen LogP contribution in [0.4, 0.5) is 4.39 Å². The van der Waals surface area contributed by atoms with Gasteiger partial charge in [0.2, 0.25) is 0 Å². The zero-order valence-electron chi connectivity index (χ0n) is 10.6. The Morgan fingerprint density at radius 3 is 2.84 bits per heavy atom. The summed E-state index contributed by atoms with van der Waals surface area (Å²) in [7, 11) is 0. The minimum atomic E-state index is -0.228. The third-order valence-corrected chi connectivity index (χ3v) is 3.04. The largest absolute Gasteiger partial charge is 0.481 e. The number of nitrogens with zero attached hydrogens (tertiary/aromatic N) is 1. The van der Waals surface area contributed by atoms with E-state index >= 15 is 0 Å². The average molecular weight is 259 g/mol. The molecule has 1 aromatic carbocycles. The summed E-state index contributed by atoms with van der Waals surface area (Å²) in [5.74, 6) is 1.01. The molecule has 0 spiro atoms. The Bertz CT molecular complexity index is 583. The molecule has 0 amide bonds. The molecule has 0 saturated heterocycles. The van der Waals surface area contributed by atoms with Crippen LogP contribution < -0.4 is 9.47 Å². The molecule has 0 saturated carbocycles. The van der Waals surface area contributed by atoms with E-state index in [1.165, 1.54) is 12.1 Å². The second-order valence-electron chi connectivity index (χ2n) is 4.65. The highest BCUT2D eigenvalue weighted by atomic mass is 19.1. The lowest BCUT2D eigenvalue weighted by atomic mass is 10.0. The molecule has 98 valence electrons. The Kier molecular flexibility index (Phi) is 3.07. The monoisotopic (exact) mass is 259 g/mol. The Morgan fingerprint density at radius 2 is 2.05 bits per heavy atom. The van der Waals surface area contributed by atoms with E-state index in [0.717, 1.165) is 11.1 Å². The summed E-state index contributed by atoms with van der Waals surface area (Å²) in [6, 6.07) is 8.38. The second kappa shape index (κ2) is 4.88. The molecule has 1 aliphatic rings. The second-order valence-corrected chi connectivity index (χ2v) is 4.65. The van der Waals surface area contributed by atoms with Gasteiger partial charge in [0.15, 0.2) is 5.75 Å². The maximum atomic E-state index is 12.9. The van der Waals surface area contributed by atoms with E-state index in [9.17, 15) is 4.39 Å². The Balaban J connectivity index is 1.91. The third kappa shape index (κ3) is 2.52. The van der Waals surface area contributed by atoms with Crippen LogP contribution in [0.15, 0.2) is 36.5 Å². The van der Waals surface area contributed by atoms with Crippen LogP contribution in [0.2, 0.25) is 0 Å². The first-order valence-electron chi connectivity index (χ1n) is 6.24. The molecule has 0 fully saturated rings. The van der Waals surface area contributed by atoms with E-state index in [0.29, 0.717) is 24.7 Å². The number of halogens is 1. The quantitative estimate of drug-likeness (QED) is 0.831. The van der Waals surface area contributed by atoms with Gasteiger partial charge < -0.3 is 9.47 Å². The number of fused-ring (bicyclic) bond motifs is 1. The summed E-state index contributed by atoms with van der Waals surface area (Å²) in [5.41, 5.74) is 2.03. The van der Waals surface area contributed by atoms with Crippen LogP contribution >= 0.6 is 0 Å². The molecule has 1 aliphatic heterocycles. The van der Waals surface area contributed by atoms with Crippen LogP contribution in [0.3, 0.4) is 0 Å². The summed E-state index contributed by atoms with van der Waals surface area (Å²) in [5, 5.41) is 0. The molecule has 0 bridgehead atoms. The minimum absolute atomic E-state index is 0.0173. The summed E-state index contributed by atoms with van der Waals surface area (Å²) in [6.07, 6.45) is 2.39. The smallest absolute Gasteiger partial charge is 0.257 e. The summed E-state index contributed by atoms with van der Waals surface area (Å²) in [4.78, 5) is 4.16. The van der Waals surface area contributed by atoms with Crippen molar-refractivity contribution in [3.05, 3.63) is 53.5 Å². The molecule has 0 aliphatic carbocycles. The molecule has 19 heavy (non-hydrogen) atoms. The molecule has 2 aromatic rings. The van der Waals surface area contributed by atoms with Crippen LogP contribution in [0.25, 0.3) is 0 Å². The lowest BCUT2D eigenvalue weighted by molar-refractivity contribution is 0.0976. The minimum Gasteiger partial charge on any atom is -0.481 e. The molecule has 4 heteroatoms. The van der Waals surface area contributed by atoms with E-state index in [4.69, 9.17) is 9.47 Å². The molecular formula is C15H14FNO2. The van der Waals surface area contributed by atoms with Gasteiger partial charge in [-0.15, -0.1) is 0 Å². The van der Waals surface area contributed by atoms with Crippen molar-refractivity contribution in [1.82, 2.24) is 4.98 Å². The van der Waals surface area contributed by atoms with Crippen molar-refractivity contribution in [3.63, 3.8) is 0 Å².